The van der Waals surface area contributed by atoms with Gasteiger partial charge in [0.05, 0.1) is 31.4 Å². The van der Waals surface area contributed by atoms with Crippen molar-refractivity contribution in [1.29, 1.82) is 0 Å². The number of nitrogens with zero attached hydrogens (tertiary/aromatic N) is 2. The number of rotatable bonds is 11. The molecule has 0 aliphatic rings. The first kappa shape index (κ1) is 24.7. The van der Waals surface area contributed by atoms with Crippen LogP contribution in [0.3, 0.4) is 0 Å². The van der Waals surface area contributed by atoms with E-state index in [1.807, 2.05) is 13.8 Å². The Bertz CT molecular complexity index is 1030. The third-order valence-electron chi connectivity index (χ3n) is 3.92. The molecule has 168 valence electrons. The van der Waals surface area contributed by atoms with Crippen molar-refractivity contribution in [2.75, 3.05) is 30.3 Å². The number of hydrogen-bond donors (Lipinski definition) is 1. The number of amides is 1. The maximum absolute atomic E-state index is 12.3. The monoisotopic (exact) mass is 511 g/mol. The molecule has 31 heavy (non-hydrogen) atoms. The summed E-state index contributed by atoms with van der Waals surface area (Å²) in [6.07, 6.45) is 3.38. The van der Waals surface area contributed by atoms with E-state index >= 15 is 0 Å². The summed E-state index contributed by atoms with van der Waals surface area (Å²) in [6, 6.07) is 12.0. The molecule has 2 rings (SSSR count). The molecule has 0 atom stereocenters. The van der Waals surface area contributed by atoms with Gasteiger partial charge in [0.1, 0.15) is 6.54 Å². The number of benzene rings is 2. The molecule has 0 unspecified atom stereocenters. The lowest BCUT2D eigenvalue weighted by Gasteiger charge is -2.21. The van der Waals surface area contributed by atoms with Crippen LogP contribution in [0, 0.1) is 0 Å². The summed E-state index contributed by atoms with van der Waals surface area (Å²) in [7, 11) is -3.66. The predicted octanol–water partition coefficient (Wildman–Crippen LogP) is 3.55. The van der Waals surface area contributed by atoms with Gasteiger partial charge in [0.2, 0.25) is 10.0 Å². The third kappa shape index (κ3) is 7.87. The van der Waals surface area contributed by atoms with Crippen LogP contribution in [-0.2, 0) is 14.8 Å². The number of sulfonamides is 1. The highest BCUT2D eigenvalue weighted by Crippen LogP contribution is 2.28. The highest BCUT2D eigenvalue weighted by Gasteiger charge is 2.20. The summed E-state index contributed by atoms with van der Waals surface area (Å²) in [5.41, 5.74) is 3.43. The van der Waals surface area contributed by atoms with Gasteiger partial charge in [-0.3, -0.25) is 9.10 Å². The number of nitrogens with one attached hydrogen (secondary N) is 1. The normalized spacial score (nSPS) is 11.4. The number of anilines is 1. The highest BCUT2D eigenvalue weighted by atomic mass is 79.9. The minimum absolute atomic E-state index is 0.375. The molecule has 0 saturated carbocycles. The fraction of sp³-hybridized carbons (Fsp3) is 0.333. The molecule has 2 aromatic rings. The van der Waals surface area contributed by atoms with Gasteiger partial charge in [-0.05, 0) is 55.3 Å². The molecule has 0 saturated heterocycles. The van der Waals surface area contributed by atoms with Gasteiger partial charge in [-0.25, -0.2) is 13.8 Å². The summed E-state index contributed by atoms with van der Waals surface area (Å²) >= 11 is 3.30. The second-order valence-corrected chi connectivity index (χ2v) is 9.35. The zero-order valence-electron chi connectivity index (χ0n) is 17.7. The van der Waals surface area contributed by atoms with Crippen LogP contribution in [0.5, 0.6) is 11.5 Å². The lowest BCUT2D eigenvalue weighted by molar-refractivity contribution is -0.119. The lowest BCUT2D eigenvalue weighted by Crippen LogP contribution is -2.39. The molecule has 0 heterocycles. The number of ether oxygens (including phenoxy) is 2. The first-order chi connectivity index (χ1) is 14.7. The molecule has 0 aromatic heterocycles. The Kier molecular flexibility index (Phi) is 9.32. The first-order valence-corrected chi connectivity index (χ1v) is 12.3. The van der Waals surface area contributed by atoms with E-state index in [0.29, 0.717) is 40.4 Å². The van der Waals surface area contributed by atoms with Gasteiger partial charge in [-0.15, -0.1) is 0 Å². The van der Waals surface area contributed by atoms with E-state index in [0.717, 1.165) is 17.0 Å². The topological polar surface area (TPSA) is 97.3 Å². The van der Waals surface area contributed by atoms with E-state index < -0.39 is 22.5 Å². The van der Waals surface area contributed by atoms with Gasteiger partial charge in [0, 0.05) is 4.47 Å². The molecule has 2 aromatic carbocycles. The largest absolute Gasteiger partial charge is 0.490 e. The Hall–Kier alpha value is -2.59. The summed E-state index contributed by atoms with van der Waals surface area (Å²) in [5, 5.41) is 3.93. The second-order valence-electron chi connectivity index (χ2n) is 6.53. The van der Waals surface area contributed by atoms with Gasteiger partial charge in [-0.1, -0.05) is 28.9 Å². The van der Waals surface area contributed by atoms with Crippen LogP contribution in [0.1, 0.15) is 25.8 Å². The van der Waals surface area contributed by atoms with Crippen LogP contribution in [-0.4, -0.2) is 46.6 Å². The van der Waals surface area contributed by atoms with Gasteiger partial charge in [0.25, 0.3) is 5.91 Å². The van der Waals surface area contributed by atoms with Crippen LogP contribution in [0.4, 0.5) is 5.69 Å². The highest BCUT2D eigenvalue weighted by molar-refractivity contribution is 9.10. The minimum atomic E-state index is -3.66. The summed E-state index contributed by atoms with van der Waals surface area (Å²) in [4.78, 5) is 12.3. The molecule has 0 fully saturated rings. The SMILES string of the molecule is CCCOc1ccc(/C=N\NC(=O)CN(c2cccc(Br)c2)S(C)(=O)=O)cc1OCC. The molecule has 0 aliphatic heterocycles. The van der Waals surface area contributed by atoms with E-state index in [2.05, 4.69) is 26.5 Å². The lowest BCUT2D eigenvalue weighted by atomic mass is 10.2. The predicted molar refractivity (Wildman–Crippen MR) is 125 cm³/mol. The van der Waals surface area contributed by atoms with E-state index in [9.17, 15) is 13.2 Å². The number of halogens is 1. The minimum Gasteiger partial charge on any atom is -0.490 e. The van der Waals surface area contributed by atoms with Crippen LogP contribution < -0.4 is 19.2 Å². The smallest absolute Gasteiger partial charge is 0.260 e. The van der Waals surface area contributed by atoms with Crippen molar-refractivity contribution in [3.8, 4) is 11.5 Å². The number of hydrazone groups is 1. The van der Waals surface area contributed by atoms with Crippen molar-refractivity contribution in [2.45, 2.75) is 20.3 Å². The molecular weight excluding hydrogens is 486 g/mol. The Morgan fingerprint density at radius 1 is 1.16 bits per heavy atom. The van der Waals surface area contributed by atoms with Crippen LogP contribution in [0.15, 0.2) is 52.0 Å². The first-order valence-electron chi connectivity index (χ1n) is 9.69. The second kappa shape index (κ2) is 11.7. The summed E-state index contributed by atoms with van der Waals surface area (Å²) in [6.45, 7) is 4.56. The zero-order chi connectivity index (χ0) is 22.9. The van der Waals surface area contributed by atoms with E-state index in [4.69, 9.17) is 9.47 Å². The Morgan fingerprint density at radius 3 is 2.58 bits per heavy atom. The quantitative estimate of drug-likeness (QED) is 0.367. The van der Waals surface area contributed by atoms with Crippen LogP contribution in [0.25, 0.3) is 0 Å². The number of carbonyl (C=O) groups is 1. The van der Waals surface area contributed by atoms with E-state index in [-0.39, 0.29) is 0 Å². The number of carbonyl (C=O) groups excluding carboxylic acids is 1. The third-order valence-corrected chi connectivity index (χ3v) is 5.55. The van der Waals surface area contributed by atoms with Crippen molar-refractivity contribution in [1.82, 2.24) is 5.43 Å². The maximum Gasteiger partial charge on any atom is 0.260 e. The zero-order valence-corrected chi connectivity index (χ0v) is 20.1. The number of hydrogen-bond acceptors (Lipinski definition) is 6. The Balaban J connectivity index is 2.07. The molecule has 0 spiro atoms. The molecule has 0 radical (unpaired) electrons. The van der Waals surface area contributed by atoms with Crippen molar-refractivity contribution < 1.29 is 22.7 Å². The Labute approximate surface area is 191 Å². The summed E-state index contributed by atoms with van der Waals surface area (Å²) in [5.74, 6) is 0.654. The molecule has 0 bridgehead atoms. The molecule has 1 amide bonds. The van der Waals surface area contributed by atoms with Gasteiger partial charge >= 0.3 is 0 Å². The van der Waals surface area contributed by atoms with E-state index in [1.165, 1.54) is 6.21 Å². The van der Waals surface area contributed by atoms with Crippen molar-refractivity contribution >= 4 is 43.8 Å². The van der Waals surface area contributed by atoms with Crippen molar-refractivity contribution in [3.05, 3.63) is 52.5 Å². The molecule has 0 aliphatic carbocycles. The van der Waals surface area contributed by atoms with Crippen molar-refractivity contribution in [2.24, 2.45) is 5.10 Å². The van der Waals surface area contributed by atoms with Gasteiger partial charge in [-0.2, -0.15) is 5.10 Å². The fourth-order valence-corrected chi connectivity index (χ4v) is 3.82. The molecule has 1 N–H and O–H groups in total. The van der Waals surface area contributed by atoms with Gasteiger partial charge in [0.15, 0.2) is 11.5 Å². The molecular formula is C21H26BrN3O5S. The molecule has 10 heteroatoms. The van der Waals surface area contributed by atoms with Crippen molar-refractivity contribution in [3.63, 3.8) is 0 Å². The standard InChI is InChI=1S/C21H26BrN3O5S/c1-4-11-30-19-10-9-16(12-20(19)29-5-2)14-23-24-21(26)15-25(31(3,27)28)18-8-6-7-17(22)13-18/h6-10,12-14H,4-5,11,15H2,1-3H3,(H,24,26)/b23-14-. The molecule has 8 nitrogen and oxygen atoms in total. The van der Waals surface area contributed by atoms with E-state index in [1.54, 1.807) is 42.5 Å². The van der Waals surface area contributed by atoms with Crippen LogP contribution in [0.2, 0.25) is 0 Å². The average Bonchev–Trinajstić information content (AvgIpc) is 2.71. The summed E-state index contributed by atoms with van der Waals surface area (Å²) < 4.78 is 37.3. The van der Waals surface area contributed by atoms with Gasteiger partial charge < -0.3 is 9.47 Å². The fourth-order valence-electron chi connectivity index (χ4n) is 2.58. The Morgan fingerprint density at radius 2 is 1.94 bits per heavy atom. The average molecular weight is 512 g/mol. The maximum atomic E-state index is 12.3. The van der Waals surface area contributed by atoms with Crippen LogP contribution >= 0.6 is 15.9 Å².